The van der Waals surface area contributed by atoms with Crippen molar-refractivity contribution < 1.29 is 9.90 Å². The van der Waals surface area contributed by atoms with Gasteiger partial charge in [-0.3, -0.25) is 4.79 Å². The highest BCUT2D eigenvalue weighted by molar-refractivity contribution is 9.10. The number of aromatic nitrogens is 1. The van der Waals surface area contributed by atoms with Crippen molar-refractivity contribution in [3.63, 3.8) is 0 Å². The van der Waals surface area contributed by atoms with Crippen LogP contribution in [0.5, 0.6) is 0 Å². The van der Waals surface area contributed by atoms with E-state index in [1.165, 1.54) is 0 Å². The third-order valence-corrected chi connectivity index (χ3v) is 3.41. The zero-order chi connectivity index (χ0) is 12.6. The van der Waals surface area contributed by atoms with Crippen molar-refractivity contribution >= 4 is 32.8 Å². The van der Waals surface area contributed by atoms with E-state index in [0.29, 0.717) is 6.42 Å². The third kappa shape index (κ3) is 2.21. The minimum atomic E-state index is -0.978. The summed E-state index contributed by atoms with van der Waals surface area (Å²) in [6.07, 6.45) is 2.29. The quantitative estimate of drug-likeness (QED) is 0.909. The average molecular weight is 297 g/mol. The van der Waals surface area contributed by atoms with Crippen molar-refractivity contribution in [2.75, 3.05) is 0 Å². The lowest BCUT2D eigenvalue weighted by molar-refractivity contribution is -0.138. The van der Waals surface area contributed by atoms with Gasteiger partial charge in [-0.05, 0) is 34.0 Å². The maximum atomic E-state index is 10.8. The maximum Gasteiger partial charge on any atom is 0.320 e. The standard InChI is InChI=1S/C12H13BrN2O2/c1-15-6-8(13)11-7(3-2-4-10(11)15)5-9(14)12(16)17/h2-4,6,9H,5,14H2,1H3,(H,16,17). The lowest BCUT2D eigenvalue weighted by atomic mass is 10.0. The Labute approximate surface area is 107 Å². The summed E-state index contributed by atoms with van der Waals surface area (Å²) >= 11 is 3.49. The molecule has 2 rings (SSSR count). The Morgan fingerprint density at radius 1 is 1.59 bits per heavy atom. The summed E-state index contributed by atoms with van der Waals surface area (Å²) in [5, 5.41) is 9.88. The van der Waals surface area contributed by atoms with Crippen LogP contribution in [0.15, 0.2) is 28.9 Å². The first-order valence-corrected chi connectivity index (χ1v) is 6.01. The second kappa shape index (κ2) is 4.50. The van der Waals surface area contributed by atoms with E-state index >= 15 is 0 Å². The topological polar surface area (TPSA) is 68.2 Å². The van der Waals surface area contributed by atoms with Crippen LogP contribution >= 0.6 is 15.9 Å². The van der Waals surface area contributed by atoms with Crippen LogP contribution in [0.2, 0.25) is 0 Å². The number of carboxylic acids is 1. The van der Waals surface area contributed by atoms with Gasteiger partial charge < -0.3 is 15.4 Å². The monoisotopic (exact) mass is 296 g/mol. The number of hydrogen-bond acceptors (Lipinski definition) is 2. The van der Waals surface area contributed by atoms with Crippen molar-refractivity contribution in [3.8, 4) is 0 Å². The van der Waals surface area contributed by atoms with E-state index < -0.39 is 12.0 Å². The molecule has 2 aromatic rings. The van der Waals surface area contributed by atoms with E-state index in [0.717, 1.165) is 20.9 Å². The highest BCUT2D eigenvalue weighted by atomic mass is 79.9. The second-order valence-corrected chi connectivity index (χ2v) is 4.90. The molecule has 17 heavy (non-hydrogen) atoms. The van der Waals surface area contributed by atoms with Crippen LogP contribution in [-0.4, -0.2) is 21.7 Å². The minimum Gasteiger partial charge on any atom is -0.480 e. The van der Waals surface area contributed by atoms with Crippen LogP contribution in [0, 0.1) is 0 Å². The summed E-state index contributed by atoms with van der Waals surface area (Å²) in [5.41, 5.74) is 7.59. The molecule has 0 fully saturated rings. The van der Waals surface area contributed by atoms with Gasteiger partial charge in [0, 0.05) is 28.6 Å². The van der Waals surface area contributed by atoms with Gasteiger partial charge in [0.2, 0.25) is 0 Å². The van der Waals surface area contributed by atoms with Crippen molar-refractivity contribution in [2.45, 2.75) is 12.5 Å². The smallest absolute Gasteiger partial charge is 0.320 e. The molecule has 1 unspecified atom stereocenters. The van der Waals surface area contributed by atoms with Crippen LogP contribution in [0.25, 0.3) is 10.9 Å². The van der Waals surface area contributed by atoms with Crippen molar-refractivity contribution in [1.29, 1.82) is 0 Å². The Balaban J connectivity index is 2.51. The van der Waals surface area contributed by atoms with Gasteiger partial charge in [0.05, 0.1) is 0 Å². The predicted molar refractivity (Wildman–Crippen MR) is 69.9 cm³/mol. The summed E-state index contributed by atoms with van der Waals surface area (Å²) in [6, 6.07) is 4.96. The van der Waals surface area contributed by atoms with Gasteiger partial charge in [0.25, 0.3) is 0 Å². The van der Waals surface area contributed by atoms with E-state index in [-0.39, 0.29) is 0 Å². The van der Waals surface area contributed by atoms with Crippen LogP contribution in [-0.2, 0) is 18.3 Å². The number of hydrogen-bond donors (Lipinski definition) is 2. The molecule has 4 nitrogen and oxygen atoms in total. The summed E-state index contributed by atoms with van der Waals surface area (Å²) in [7, 11) is 1.95. The number of rotatable bonds is 3. The third-order valence-electron chi connectivity index (χ3n) is 2.81. The molecule has 0 radical (unpaired) electrons. The van der Waals surface area contributed by atoms with Gasteiger partial charge in [-0.15, -0.1) is 0 Å². The maximum absolute atomic E-state index is 10.8. The highest BCUT2D eigenvalue weighted by Gasteiger charge is 2.16. The zero-order valence-corrected chi connectivity index (χ0v) is 10.9. The van der Waals surface area contributed by atoms with Crippen molar-refractivity contribution in [2.24, 2.45) is 12.8 Å². The zero-order valence-electron chi connectivity index (χ0n) is 9.35. The van der Waals surface area contributed by atoms with Gasteiger partial charge in [-0.2, -0.15) is 0 Å². The molecule has 90 valence electrons. The van der Waals surface area contributed by atoms with Gasteiger partial charge in [0.1, 0.15) is 6.04 Å². The first-order chi connectivity index (χ1) is 8.00. The fraction of sp³-hybridized carbons (Fsp3) is 0.250. The predicted octanol–water partition coefficient (Wildman–Crippen LogP) is 1.90. The summed E-state index contributed by atoms with van der Waals surface area (Å²) in [4.78, 5) is 10.8. The van der Waals surface area contributed by atoms with Crippen LogP contribution in [0.1, 0.15) is 5.56 Å². The number of aliphatic carboxylic acids is 1. The Bertz CT molecular complexity index is 577. The molecular weight excluding hydrogens is 284 g/mol. The Morgan fingerprint density at radius 3 is 2.94 bits per heavy atom. The first-order valence-electron chi connectivity index (χ1n) is 5.21. The minimum absolute atomic E-state index is 0.329. The molecule has 1 aromatic heterocycles. The number of aryl methyl sites for hydroxylation is 1. The Hall–Kier alpha value is -1.33. The van der Waals surface area contributed by atoms with Crippen LogP contribution in [0.3, 0.4) is 0 Å². The Kier molecular flexibility index (Phi) is 3.22. The van der Waals surface area contributed by atoms with Gasteiger partial charge >= 0.3 is 5.97 Å². The number of fused-ring (bicyclic) bond motifs is 1. The molecule has 0 saturated carbocycles. The molecule has 0 aliphatic rings. The van der Waals surface area contributed by atoms with E-state index in [1.807, 2.05) is 36.0 Å². The number of carbonyl (C=O) groups is 1. The molecule has 0 aliphatic heterocycles. The van der Waals surface area contributed by atoms with E-state index in [4.69, 9.17) is 10.8 Å². The number of halogens is 1. The molecule has 1 heterocycles. The van der Waals surface area contributed by atoms with E-state index in [1.54, 1.807) is 0 Å². The summed E-state index contributed by atoms with van der Waals surface area (Å²) in [6.45, 7) is 0. The summed E-state index contributed by atoms with van der Waals surface area (Å²) < 4.78 is 2.96. The number of benzene rings is 1. The molecule has 0 bridgehead atoms. The van der Waals surface area contributed by atoms with Gasteiger partial charge in [-0.25, -0.2) is 0 Å². The summed E-state index contributed by atoms with van der Waals surface area (Å²) in [5.74, 6) is -0.978. The molecule has 0 amide bonds. The first kappa shape index (κ1) is 12.1. The highest BCUT2D eigenvalue weighted by Crippen LogP contribution is 2.29. The van der Waals surface area contributed by atoms with Gasteiger partial charge in [0.15, 0.2) is 0 Å². The second-order valence-electron chi connectivity index (χ2n) is 4.05. The molecule has 0 saturated heterocycles. The van der Waals surface area contributed by atoms with Crippen LogP contribution < -0.4 is 5.73 Å². The SMILES string of the molecule is Cn1cc(Br)c2c(CC(N)C(=O)O)cccc21. The molecule has 5 heteroatoms. The fourth-order valence-electron chi connectivity index (χ4n) is 1.95. The molecule has 0 spiro atoms. The fourth-order valence-corrected chi connectivity index (χ4v) is 2.72. The van der Waals surface area contributed by atoms with Crippen molar-refractivity contribution in [3.05, 3.63) is 34.4 Å². The number of nitrogens with two attached hydrogens (primary N) is 1. The normalized spacial score (nSPS) is 12.9. The van der Waals surface area contributed by atoms with E-state index in [9.17, 15) is 4.79 Å². The lowest BCUT2D eigenvalue weighted by Crippen LogP contribution is -2.32. The molecule has 0 aliphatic carbocycles. The molecule has 1 aromatic carbocycles. The average Bonchev–Trinajstić information content (AvgIpc) is 2.55. The van der Waals surface area contributed by atoms with E-state index in [2.05, 4.69) is 15.9 Å². The largest absolute Gasteiger partial charge is 0.480 e. The lowest BCUT2D eigenvalue weighted by Gasteiger charge is -2.08. The molecule has 3 N–H and O–H groups in total. The molecular formula is C12H13BrN2O2. The molecule has 1 atom stereocenters. The number of nitrogens with zero attached hydrogens (tertiary/aromatic N) is 1. The van der Waals surface area contributed by atoms with Gasteiger partial charge in [-0.1, -0.05) is 12.1 Å². The van der Waals surface area contributed by atoms with Crippen LogP contribution in [0.4, 0.5) is 0 Å². The number of carboxylic acid groups (broad SMARTS) is 1. The Morgan fingerprint density at radius 2 is 2.29 bits per heavy atom. The van der Waals surface area contributed by atoms with Crippen molar-refractivity contribution in [1.82, 2.24) is 4.57 Å².